The summed E-state index contributed by atoms with van der Waals surface area (Å²) in [6, 6.07) is 19.2. The highest BCUT2D eigenvalue weighted by Crippen LogP contribution is 2.20. The lowest BCUT2D eigenvalue weighted by molar-refractivity contribution is 0.0938. The second-order valence-electron chi connectivity index (χ2n) is 7.65. The molecule has 0 spiro atoms. The molecule has 2 amide bonds. The molecular formula is C24H24N4O3. The first-order valence-corrected chi connectivity index (χ1v) is 10.4. The zero-order valence-electron chi connectivity index (χ0n) is 17.1. The molecule has 31 heavy (non-hydrogen) atoms. The number of amides is 2. The molecule has 158 valence electrons. The Morgan fingerprint density at radius 2 is 1.61 bits per heavy atom. The van der Waals surface area contributed by atoms with E-state index >= 15 is 0 Å². The smallest absolute Gasteiger partial charge is 0.276 e. The molecule has 0 unspecified atom stereocenters. The highest BCUT2D eigenvalue weighted by Gasteiger charge is 2.20. The zero-order valence-corrected chi connectivity index (χ0v) is 17.1. The summed E-state index contributed by atoms with van der Waals surface area (Å²) in [6.45, 7) is 0.265. The molecule has 2 N–H and O–H groups in total. The normalized spacial score (nSPS) is 13.7. The zero-order chi connectivity index (χ0) is 21.6. The molecule has 1 heterocycles. The molecule has 0 bridgehead atoms. The van der Waals surface area contributed by atoms with Gasteiger partial charge in [-0.2, -0.15) is 5.10 Å². The quantitative estimate of drug-likeness (QED) is 0.645. The third-order valence-electron chi connectivity index (χ3n) is 5.38. The summed E-state index contributed by atoms with van der Waals surface area (Å²) in [5.41, 5.74) is 1.52. The molecule has 0 aliphatic heterocycles. The van der Waals surface area contributed by atoms with Gasteiger partial charge in [0.2, 0.25) is 0 Å². The lowest BCUT2D eigenvalue weighted by Gasteiger charge is -2.15. The number of rotatable bonds is 6. The topological polar surface area (TPSA) is 93.1 Å². The molecule has 0 atom stereocenters. The average molecular weight is 416 g/mol. The number of hydrogen-bond acceptors (Lipinski definition) is 4. The van der Waals surface area contributed by atoms with E-state index in [1.807, 2.05) is 30.3 Å². The number of nitrogens with one attached hydrogen (secondary N) is 2. The van der Waals surface area contributed by atoms with Crippen molar-refractivity contribution < 1.29 is 9.59 Å². The highest BCUT2D eigenvalue weighted by molar-refractivity contribution is 6.08. The standard InChI is InChI=1S/C24H24N4O3/c29-22-15-14-21(27-28(22)16-17-8-2-1-3-9-17)24(31)26-20-13-7-6-12-19(20)23(30)25-18-10-4-5-11-18/h1-3,6-9,12-15,18H,4-5,10-11,16H2,(H,25,30)(H,26,31). The summed E-state index contributed by atoms with van der Waals surface area (Å²) in [5.74, 6) is -0.687. The molecule has 7 heteroatoms. The van der Waals surface area contributed by atoms with Gasteiger partial charge in [0.25, 0.3) is 17.4 Å². The van der Waals surface area contributed by atoms with E-state index in [4.69, 9.17) is 0 Å². The first kappa shape index (κ1) is 20.5. The monoisotopic (exact) mass is 416 g/mol. The first-order chi connectivity index (χ1) is 15.1. The van der Waals surface area contributed by atoms with Crippen molar-refractivity contribution in [2.75, 3.05) is 5.32 Å². The Balaban J connectivity index is 1.51. The van der Waals surface area contributed by atoms with Gasteiger partial charge in [0.05, 0.1) is 17.8 Å². The lowest BCUT2D eigenvalue weighted by Crippen LogP contribution is -2.33. The predicted octanol–water partition coefficient (Wildman–Crippen LogP) is 3.22. The van der Waals surface area contributed by atoms with Crippen molar-refractivity contribution in [2.45, 2.75) is 38.3 Å². The van der Waals surface area contributed by atoms with Crippen molar-refractivity contribution in [1.29, 1.82) is 0 Å². The lowest BCUT2D eigenvalue weighted by atomic mass is 10.1. The van der Waals surface area contributed by atoms with E-state index in [2.05, 4.69) is 15.7 Å². The minimum atomic E-state index is -0.483. The summed E-state index contributed by atoms with van der Waals surface area (Å²) in [6.07, 6.45) is 4.20. The van der Waals surface area contributed by atoms with Crippen molar-refractivity contribution in [3.05, 3.63) is 93.9 Å². The Morgan fingerprint density at radius 1 is 0.903 bits per heavy atom. The van der Waals surface area contributed by atoms with Crippen LogP contribution in [-0.4, -0.2) is 27.6 Å². The number of aromatic nitrogens is 2. The molecule has 1 aliphatic rings. The number of hydrogen-bond donors (Lipinski definition) is 2. The Hall–Kier alpha value is -3.74. The molecule has 2 aromatic carbocycles. The summed E-state index contributed by atoms with van der Waals surface area (Å²) >= 11 is 0. The largest absolute Gasteiger partial charge is 0.349 e. The van der Waals surface area contributed by atoms with Crippen molar-refractivity contribution in [3.63, 3.8) is 0 Å². The van der Waals surface area contributed by atoms with Crippen molar-refractivity contribution in [2.24, 2.45) is 0 Å². The van der Waals surface area contributed by atoms with Gasteiger partial charge in [-0.25, -0.2) is 4.68 Å². The number of carbonyl (C=O) groups excluding carboxylic acids is 2. The van der Waals surface area contributed by atoms with Crippen LogP contribution in [0.1, 0.15) is 52.1 Å². The van der Waals surface area contributed by atoms with Gasteiger partial charge in [-0.15, -0.1) is 0 Å². The van der Waals surface area contributed by atoms with E-state index in [1.54, 1.807) is 24.3 Å². The van der Waals surface area contributed by atoms with Crippen LogP contribution in [0.3, 0.4) is 0 Å². The van der Waals surface area contributed by atoms with Crippen LogP contribution in [0.5, 0.6) is 0 Å². The second kappa shape index (κ2) is 9.38. The van der Waals surface area contributed by atoms with Gasteiger partial charge in [-0.05, 0) is 36.6 Å². The predicted molar refractivity (Wildman–Crippen MR) is 118 cm³/mol. The molecule has 3 aromatic rings. The molecule has 1 saturated carbocycles. The van der Waals surface area contributed by atoms with E-state index in [0.717, 1.165) is 31.2 Å². The maximum absolute atomic E-state index is 12.8. The fourth-order valence-electron chi connectivity index (χ4n) is 3.75. The first-order valence-electron chi connectivity index (χ1n) is 10.4. The van der Waals surface area contributed by atoms with E-state index < -0.39 is 5.91 Å². The SMILES string of the molecule is O=C(Nc1ccccc1C(=O)NC1CCCC1)c1ccc(=O)n(Cc2ccccc2)n1. The van der Waals surface area contributed by atoms with Gasteiger partial charge < -0.3 is 10.6 Å². The third kappa shape index (κ3) is 5.06. The average Bonchev–Trinajstić information content (AvgIpc) is 3.29. The van der Waals surface area contributed by atoms with Crippen LogP contribution >= 0.6 is 0 Å². The van der Waals surface area contributed by atoms with Gasteiger partial charge in [0.1, 0.15) is 5.69 Å². The third-order valence-corrected chi connectivity index (χ3v) is 5.38. The molecule has 7 nitrogen and oxygen atoms in total. The van der Waals surface area contributed by atoms with Crippen LogP contribution in [0.2, 0.25) is 0 Å². The van der Waals surface area contributed by atoms with Crippen LogP contribution in [0.15, 0.2) is 71.5 Å². The number of anilines is 1. The summed E-state index contributed by atoms with van der Waals surface area (Å²) < 4.78 is 1.25. The number of carbonyl (C=O) groups is 2. The van der Waals surface area contributed by atoms with Crippen LogP contribution in [0.4, 0.5) is 5.69 Å². The Morgan fingerprint density at radius 3 is 2.39 bits per heavy atom. The fourth-order valence-corrected chi connectivity index (χ4v) is 3.75. The summed E-state index contributed by atoms with van der Waals surface area (Å²) in [7, 11) is 0. The second-order valence-corrected chi connectivity index (χ2v) is 7.65. The molecule has 0 radical (unpaired) electrons. The van der Waals surface area contributed by atoms with Gasteiger partial charge in [-0.1, -0.05) is 55.3 Å². The highest BCUT2D eigenvalue weighted by atomic mass is 16.2. The molecule has 1 fully saturated rings. The molecule has 4 rings (SSSR count). The van der Waals surface area contributed by atoms with Crippen LogP contribution < -0.4 is 16.2 Å². The number of benzene rings is 2. The van der Waals surface area contributed by atoms with Crippen LogP contribution in [0, 0.1) is 0 Å². The molecular weight excluding hydrogens is 392 g/mol. The van der Waals surface area contributed by atoms with E-state index in [0.29, 0.717) is 11.3 Å². The fraction of sp³-hybridized carbons (Fsp3) is 0.250. The minimum absolute atomic E-state index is 0.0986. The van der Waals surface area contributed by atoms with Crippen molar-refractivity contribution in [3.8, 4) is 0 Å². The summed E-state index contributed by atoms with van der Waals surface area (Å²) in [5, 5.41) is 10.0. The number of para-hydroxylation sites is 1. The molecule has 1 aliphatic carbocycles. The van der Waals surface area contributed by atoms with Crippen molar-refractivity contribution in [1.82, 2.24) is 15.1 Å². The van der Waals surface area contributed by atoms with Crippen molar-refractivity contribution >= 4 is 17.5 Å². The Bertz CT molecular complexity index is 1130. The maximum atomic E-state index is 12.8. The molecule has 1 aromatic heterocycles. The van der Waals surface area contributed by atoms with Gasteiger partial charge in [0, 0.05) is 12.1 Å². The Kier molecular flexibility index (Phi) is 6.21. The van der Waals surface area contributed by atoms with Crippen LogP contribution in [0.25, 0.3) is 0 Å². The van der Waals surface area contributed by atoms with E-state index in [-0.39, 0.29) is 29.7 Å². The van der Waals surface area contributed by atoms with Gasteiger partial charge in [-0.3, -0.25) is 14.4 Å². The van der Waals surface area contributed by atoms with E-state index in [9.17, 15) is 14.4 Å². The maximum Gasteiger partial charge on any atom is 0.276 e. The Labute approximate surface area is 180 Å². The van der Waals surface area contributed by atoms with Gasteiger partial charge >= 0.3 is 0 Å². The number of nitrogens with zero attached hydrogens (tertiary/aromatic N) is 2. The molecule has 0 saturated heterocycles. The minimum Gasteiger partial charge on any atom is -0.349 e. The van der Waals surface area contributed by atoms with E-state index in [1.165, 1.54) is 16.8 Å². The summed E-state index contributed by atoms with van der Waals surface area (Å²) in [4.78, 5) is 37.7. The van der Waals surface area contributed by atoms with Gasteiger partial charge in [0.15, 0.2) is 0 Å². The van der Waals surface area contributed by atoms with Crippen LogP contribution in [-0.2, 0) is 6.54 Å².